The molecule has 0 unspecified atom stereocenters. The normalized spacial score (nSPS) is 6.86. The second-order valence-corrected chi connectivity index (χ2v) is 1.02. The summed E-state index contributed by atoms with van der Waals surface area (Å²) in [6.07, 6.45) is 3.50. The second kappa shape index (κ2) is 3.31. The van der Waals surface area contributed by atoms with E-state index in [4.69, 9.17) is 0 Å². The molecular formula is C5H8N2. The smallest absolute Gasteiger partial charge is 0.0267 e. The van der Waals surface area contributed by atoms with E-state index in [1.807, 2.05) is 18.2 Å². The zero-order chi connectivity index (χ0) is 4.24. The number of pyridine rings is 1. The summed E-state index contributed by atoms with van der Waals surface area (Å²) in [4.78, 5) is 3.78. The van der Waals surface area contributed by atoms with Crippen molar-refractivity contribution < 1.29 is 0 Å². The van der Waals surface area contributed by atoms with Crippen molar-refractivity contribution in [2.45, 2.75) is 0 Å². The quantitative estimate of drug-likeness (QED) is 0.528. The minimum Gasteiger partial charge on any atom is -0.344 e. The van der Waals surface area contributed by atoms with Gasteiger partial charge in [-0.25, -0.2) is 0 Å². The van der Waals surface area contributed by atoms with Gasteiger partial charge < -0.3 is 6.15 Å². The molecule has 0 saturated heterocycles. The van der Waals surface area contributed by atoms with Crippen LogP contribution in [0.15, 0.2) is 30.6 Å². The summed E-state index contributed by atoms with van der Waals surface area (Å²) in [6, 6.07) is 5.72. The van der Waals surface area contributed by atoms with Gasteiger partial charge in [-0.3, -0.25) is 4.98 Å². The molecule has 0 aromatic carbocycles. The monoisotopic (exact) mass is 96.1 g/mol. The van der Waals surface area contributed by atoms with E-state index in [9.17, 15) is 0 Å². The number of rotatable bonds is 0. The van der Waals surface area contributed by atoms with Gasteiger partial charge in [0.2, 0.25) is 0 Å². The first kappa shape index (κ1) is 6.11. The highest BCUT2D eigenvalue weighted by molar-refractivity contribution is 4.88. The molecule has 1 heterocycles. The zero-order valence-corrected chi connectivity index (χ0v) is 4.04. The lowest BCUT2D eigenvalue weighted by molar-refractivity contribution is 1.33. The summed E-state index contributed by atoms with van der Waals surface area (Å²) in [6.45, 7) is 0. The molecule has 7 heavy (non-hydrogen) atoms. The van der Waals surface area contributed by atoms with Crippen LogP contribution in [-0.2, 0) is 0 Å². The largest absolute Gasteiger partial charge is 0.344 e. The van der Waals surface area contributed by atoms with Crippen LogP contribution >= 0.6 is 0 Å². The Morgan fingerprint density at radius 2 is 1.43 bits per heavy atom. The molecule has 2 heteroatoms. The summed E-state index contributed by atoms with van der Waals surface area (Å²) in [5.41, 5.74) is 0. The molecule has 0 aliphatic carbocycles. The molecule has 0 aliphatic heterocycles. The minimum atomic E-state index is 0. The van der Waals surface area contributed by atoms with Crippen molar-refractivity contribution in [3.8, 4) is 0 Å². The van der Waals surface area contributed by atoms with Gasteiger partial charge in [0.15, 0.2) is 0 Å². The van der Waals surface area contributed by atoms with Gasteiger partial charge in [0.05, 0.1) is 0 Å². The Bertz CT molecular complexity index is 78.0. The minimum absolute atomic E-state index is 0. The van der Waals surface area contributed by atoms with E-state index in [0.29, 0.717) is 0 Å². The third-order valence-electron chi connectivity index (χ3n) is 0.566. The first-order chi connectivity index (χ1) is 3.00. The van der Waals surface area contributed by atoms with Crippen molar-refractivity contribution >= 4 is 0 Å². The van der Waals surface area contributed by atoms with E-state index in [1.54, 1.807) is 12.4 Å². The fraction of sp³-hybridized carbons (Fsp3) is 0. The number of aromatic nitrogens is 1. The number of nitrogens with zero attached hydrogens (tertiary/aromatic N) is 1. The van der Waals surface area contributed by atoms with Gasteiger partial charge in [0, 0.05) is 12.4 Å². The van der Waals surface area contributed by atoms with Crippen LogP contribution < -0.4 is 6.15 Å². The molecule has 0 amide bonds. The first-order valence-corrected chi connectivity index (χ1v) is 1.85. The predicted molar refractivity (Wildman–Crippen MR) is 29.3 cm³/mol. The summed E-state index contributed by atoms with van der Waals surface area (Å²) in [7, 11) is 0. The Hall–Kier alpha value is -0.890. The average molecular weight is 96.1 g/mol. The van der Waals surface area contributed by atoms with Crippen molar-refractivity contribution in [1.82, 2.24) is 11.1 Å². The van der Waals surface area contributed by atoms with Crippen molar-refractivity contribution in [2.75, 3.05) is 0 Å². The lowest BCUT2D eigenvalue weighted by Gasteiger charge is -1.70. The molecule has 1 aromatic rings. The SMILES string of the molecule is N.c1ccncc1. The molecule has 0 bridgehead atoms. The molecule has 0 saturated carbocycles. The van der Waals surface area contributed by atoms with Crippen LogP contribution in [0.3, 0.4) is 0 Å². The van der Waals surface area contributed by atoms with E-state index in [2.05, 4.69) is 4.98 Å². The van der Waals surface area contributed by atoms with Gasteiger partial charge in [0.1, 0.15) is 0 Å². The number of hydrogen-bond donors (Lipinski definition) is 1. The lowest BCUT2D eigenvalue weighted by atomic mass is 10.5. The Morgan fingerprint density at radius 3 is 1.57 bits per heavy atom. The molecule has 38 valence electrons. The van der Waals surface area contributed by atoms with Crippen molar-refractivity contribution in [1.29, 1.82) is 0 Å². The highest BCUT2D eigenvalue weighted by atomic mass is 14.6. The van der Waals surface area contributed by atoms with Crippen LogP contribution in [0.2, 0.25) is 0 Å². The Kier molecular flexibility index (Phi) is 2.89. The first-order valence-electron chi connectivity index (χ1n) is 1.85. The van der Waals surface area contributed by atoms with Gasteiger partial charge in [-0.05, 0) is 12.1 Å². The predicted octanol–water partition coefficient (Wildman–Crippen LogP) is 1.24. The number of hydrogen-bond acceptors (Lipinski definition) is 2. The molecule has 0 spiro atoms. The lowest BCUT2D eigenvalue weighted by Crippen LogP contribution is -1.58. The molecule has 2 nitrogen and oxygen atoms in total. The summed E-state index contributed by atoms with van der Waals surface area (Å²) >= 11 is 0. The Morgan fingerprint density at radius 1 is 0.857 bits per heavy atom. The zero-order valence-electron chi connectivity index (χ0n) is 4.04. The van der Waals surface area contributed by atoms with Crippen LogP contribution in [0.1, 0.15) is 0 Å². The maximum Gasteiger partial charge on any atom is 0.0267 e. The van der Waals surface area contributed by atoms with Crippen LogP contribution in [0.25, 0.3) is 0 Å². The topological polar surface area (TPSA) is 47.9 Å². The van der Waals surface area contributed by atoms with Crippen molar-refractivity contribution in [2.24, 2.45) is 0 Å². The summed E-state index contributed by atoms with van der Waals surface area (Å²) in [5.74, 6) is 0. The van der Waals surface area contributed by atoms with Gasteiger partial charge in [-0.15, -0.1) is 0 Å². The highest BCUT2D eigenvalue weighted by Gasteiger charge is 1.58. The fourth-order valence-electron chi connectivity index (χ4n) is 0.313. The van der Waals surface area contributed by atoms with Crippen LogP contribution in [-0.4, -0.2) is 4.98 Å². The van der Waals surface area contributed by atoms with E-state index < -0.39 is 0 Å². The maximum absolute atomic E-state index is 3.78. The molecule has 0 aliphatic rings. The van der Waals surface area contributed by atoms with E-state index in [-0.39, 0.29) is 6.15 Å². The van der Waals surface area contributed by atoms with Crippen molar-refractivity contribution in [3.05, 3.63) is 30.6 Å². The van der Waals surface area contributed by atoms with Gasteiger partial charge in [-0.2, -0.15) is 0 Å². The van der Waals surface area contributed by atoms with E-state index >= 15 is 0 Å². The summed E-state index contributed by atoms with van der Waals surface area (Å²) < 4.78 is 0. The molecule has 0 fully saturated rings. The van der Waals surface area contributed by atoms with E-state index in [1.165, 1.54) is 0 Å². The maximum atomic E-state index is 3.78. The molecule has 3 N–H and O–H groups in total. The Balaban J connectivity index is 0.000000360. The fourth-order valence-corrected chi connectivity index (χ4v) is 0.313. The molecular weight excluding hydrogens is 88.1 g/mol. The van der Waals surface area contributed by atoms with Gasteiger partial charge in [0.25, 0.3) is 0 Å². The summed E-state index contributed by atoms with van der Waals surface area (Å²) in [5, 5.41) is 0. The third-order valence-corrected chi connectivity index (χ3v) is 0.566. The third kappa shape index (κ3) is 1.89. The molecule has 1 rings (SSSR count). The Labute approximate surface area is 42.8 Å². The van der Waals surface area contributed by atoms with Crippen LogP contribution in [0.4, 0.5) is 0 Å². The van der Waals surface area contributed by atoms with Gasteiger partial charge >= 0.3 is 0 Å². The highest BCUT2D eigenvalue weighted by Crippen LogP contribution is 1.73. The average Bonchev–Trinajstić information content (AvgIpc) is 1.72. The van der Waals surface area contributed by atoms with Crippen LogP contribution in [0.5, 0.6) is 0 Å². The van der Waals surface area contributed by atoms with Gasteiger partial charge in [-0.1, -0.05) is 6.07 Å². The standard InChI is InChI=1S/C5H5N.H3N/c1-2-4-6-5-3-1;/h1-5H;1H3. The van der Waals surface area contributed by atoms with Crippen molar-refractivity contribution in [3.63, 3.8) is 0 Å². The molecule has 0 atom stereocenters. The van der Waals surface area contributed by atoms with E-state index in [0.717, 1.165) is 0 Å². The second-order valence-electron chi connectivity index (χ2n) is 1.02. The van der Waals surface area contributed by atoms with Crippen LogP contribution in [0, 0.1) is 0 Å². The molecule has 0 radical (unpaired) electrons. The molecule has 1 aromatic heterocycles.